The summed E-state index contributed by atoms with van der Waals surface area (Å²) in [5, 5.41) is 4.42. The maximum Gasteiger partial charge on any atom is 0.269 e. The molecule has 24 heavy (non-hydrogen) atoms. The van der Waals surface area contributed by atoms with Gasteiger partial charge in [0.25, 0.3) is 5.91 Å². The quantitative estimate of drug-likeness (QED) is 0.685. The Hall–Kier alpha value is -2.38. The summed E-state index contributed by atoms with van der Waals surface area (Å²) in [5.74, 6) is 1.37. The van der Waals surface area contributed by atoms with Crippen LogP contribution in [0.1, 0.15) is 9.67 Å². The number of methoxy groups -OCH3 is 2. The fourth-order valence-corrected chi connectivity index (χ4v) is 3.70. The van der Waals surface area contributed by atoms with Gasteiger partial charge in [-0.2, -0.15) is 0 Å². The van der Waals surface area contributed by atoms with Crippen LogP contribution in [0, 0.1) is 0 Å². The monoisotopic (exact) mass is 360 g/mol. The minimum atomic E-state index is -0.0662. The number of ether oxygens (including phenoxy) is 2. The van der Waals surface area contributed by atoms with Crippen LogP contribution in [0.15, 0.2) is 41.1 Å². The third-order valence-electron chi connectivity index (χ3n) is 3.50. The molecule has 0 aliphatic heterocycles. The molecule has 2 aromatic heterocycles. The fourth-order valence-electron chi connectivity index (χ4n) is 2.21. The van der Waals surface area contributed by atoms with Gasteiger partial charge in [0, 0.05) is 18.0 Å². The number of hydrogen-bond acceptors (Lipinski definition) is 6. The van der Waals surface area contributed by atoms with Crippen molar-refractivity contribution in [1.29, 1.82) is 0 Å². The smallest absolute Gasteiger partial charge is 0.269 e. The second-order valence-corrected chi connectivity index (χ2v) is 6.71. The Morgan fingerprint density at radius 1 is 1.17 bits per heavy atom. The second-order valence-electron chi connectivity index (χ2n) is 4.92. The highest BCUT2D eigenvalue weighted by Gasteiger charge is 2.19. The van der Waals surface area contributed by atoms with Crippen molar-refractivity contribution in [3.63, 3.8) is 0 Å². The maximum absolute atomic E-state index is 12.4. The van der Waals surface area contributed by atoms with Crippen molar-refractivity contribution >= 4 is 33.7 Å². The average molecular weight is 360 g/mol. The molecular weight excluding hydrogens is 344 g/mol. The molecule has 0 N–H and O–H groups in total. The van der Waals surface area contributed by atoms with Crippen molar-refractivity contribution in [3.05, 3.63) is 46.0 Å². The molecule has 3 rings (SSSR count). The first-order valence-electron chi connectivity index (χ1n) is 7.13. The predicted molar refractivity (Wildman–Crippen MR) is 97.7 cm³/mol. The summed E-state index contributed by atoms with van der Waals surface area (Å²) in [5.41, 5.74) is 1.58. The molecular formula is C17H16N2O3S2. The summed E-state index contributed by atoms with van der Waals surface area (Å²) >= 11 is 2.83. The summed E-state index contributed by atoms with van der Waals surface area (Å²) in [7, 11) is 4.96. The normalized spacial score (nSPS) is 10.5. The molecule has 1 aromatic carbocycles. The van der Waals surface area contributed by atoms with E-state index in [0.29, 0.717) is 15.8 Å². The number of rotatable bonds is 5. The Balaban J connectivity index is 1.92. The zero-order valence-corrected chi connectivity index (χ0v) is 15.1. The van der Waals surface area contributed by atoms with Gasteiger partial charge in [-0.15, -0.1) is 22.7 Å². The number of thiazole rings is 1. The van der Waals surface area contributed by atoms with Gasteiger partial charge in [0.1, 0.15) is 11.5 Å². The first kappa shape index (κ1) is 16.5. The highest BCUT2D eigenvalue weighted by Crippen LogP contribution is 2.36. The molecule has 0 unspecified atom stereocenters. The van der Waals surface area contributed by atoms with Gasteiger partial charge in [-0.1, -0.05) is 6.07 Å². The SMILES string of the molecule is COc1ccc(OC)c(-c2csc(N(C)C(=O)c3cccs3)n2)c1. The molecule has 0 fully saturated rings. The summed E-state index contributed by atoms with van der Waals surface area (Å²) in [6, 6.07) is 9.22. The minimum Gasteiger partial charge on any atom is -0.497 e. The molecule has 0 saturated heterocycles. The number of nitrogens with zero attached hydrogens (tertiary/aromatic N) is 2. The lowest BCUT2D eigenvalue weighted by molar-refractivity contribution is 0.0997. The molecule has 0 saturated carbocycles. The number of anilines is 1. The van der Waals surface area contributed by atoms with Crippen molar-refractivity contribution in [1.82, 2.24) is 4.98 Å². The Morgan fingerprint density at radius 2 is 2.00 bits per heavy atom. The Morgan fingerprint density at radius 3 is 2.67 bits per heavy atom. The zero-order valence-electron chi connectivity index (χ0n) is 13.5. The van der Waals surface area contributed by atoms with Gasteiger partial charge in [0.15, 0.2) is 5.13 Å². The van der Waals surface area contributed by atoms with E-state index in [1.54, 1.807) is 26.2 Å². The second kappa shape index (κ2) is 7.02. The highest BCUT2D eigenvalue weighted by molar-refractivity contribution is 7.14. The molecule has 5 nitrogen and oxygen atoms in total. The fraction of sp³-hybridized carbons (Fsp3) is 0.176. The number of benzene rings is 1. The molecule has 0 atom stereocenters. The lowest BCUT2D eigenvalue weighted by Gasteiger charge is -2.12. The van der Waals surface area contributed by atoms with Crippen LogP contribution in [0.2, 0.25) is 0 Å². The molecule has 1 amide bonds. The molecule has 0 bridgehead atoms. The van der Waals surface area contributed by atoms with Crippen LogP contribution in [0.25, 0.3) is 11.3 Å². The average Bonchev–Trinajstić information content (AvgIpc) is 3.31. The maximum atomic E-state index is 12.4. The first-order valence-corrected chi connectivity index (χ1v) is 8.89. The van der Waals surface area contributed by atoms with Crippen molar-refractivity contribution < 1.29 is 14.3 Å². The largest absolute Gasteiger partial charge is 0.497 e. The van der Waals surface area contributed by atoms with Gasteiger partial charge < -0.3 is 9.47 Å². The van der Waals surface area contributed by atoms with Crippen LogP contribution in [0.5, 0.6) is 11.5 Å². The number of aromatic nitrogens is 1. The van der Waals surface area contributed by atoms with E-state index in [2.05, 4.69) is 4.98 Å². The van der Waals surface area contributed by atoms with E-state index in [1.807, 2.05) is 41.1 Å². The number of amides is 1. The van der Waals surface area contributed by atoms with Crippen LogP contribution in [0.4, 0.5) is 5.13 Å². The third-order valence-corrected chi connectivity index (χ3v) is 5.27. The molecule has 3 aromatic rings. The van der Waals surface area contributed by atoms with E-state index in [9.17, 15) is 4.79 Å². The Labute approximate surface area is 148 Å². The van der Waals surface area contributed by atoms with E-state index in [4.69, 9.17) is 9.47 Å². The molecule has 7 heteroatoms. The summed E-state index contributed by atoms with van der Waals surface area (Å²) in [6.07, 6.45) is 0. The topological polar surface area (TPSA) is 51.7 Å². The van der Waals surface area contributed by atoms with E-state index < -0.39 is 0 Å². The van der Waals surface area contributed by atoms with Gasteiger partial charge in [-0.25, -0.2) is 4.98 Å². The van der Waals surface area contributed by atoms with E-state index in [-0.39, 0.29) is 5.91 Å². The number of carbonyl (C=O) groups excluding carboxylic acids is 1. The summed E-state index contributed by atoms with van der Waals surface area (Å²) in [4.78, 5) is 19.3. The molecule has 0 aliphatic rings. The van der Waals surface area contributed by atoms with Gasteiger partial charge >= 0.3 is 0 Å². The van der Waals surface area contributed by atoms with Crippen LogP contribution in [-0.2, 0) is 0 Å². The molecule has 0 radical (unpaired) electrons. The number of thiophene rings is 1. The standard InChI is InChI=1S/C17H16N2O3S2/c1-19(16(20)15-5-4-8-23-15)17-18-13(10-24-17)12-9-11(21-2)6-7-14(12)22-3/h4-10H,1-3H3. The van der Waals surface area contributed by atoms with Crippen LogP contribution < -0.4 is 14.4 Å². The highest BCUT2D eigenvalue weighted by atomic mass is 32.1. The van der Waals surface area contributed by atoms with Crippen LogP contribution in [-0.4, -0.2) is 32.2 Å². The van der Waals surface area contributed by atoms with Crippen LogP contribution in [0.3, 0.4) is 0 Å². The molecule has 0 spiro atoms. The zero-order chi connectivity index (χ0) is 17.1. The van der Waals surface area contributed by atoms with Crippen molar-refractivity contribution in [3.8, 4) is 22.8 Å². The van der Waals surface area contributed by atoms with Gasteiger partial charge in [-0.3, -0.25) is 9.69 Å². The number of carbonyl (C=O) groups is 1. The lowest BCUT2D eigenvalue weighted by atomic mass is 10.1. The van der Waals surface area contributed by atoms with Crippen molar-refractivity contribution in [2.24, 2.45) is 0 Å². The summed E-state index contributed by atoms with van der Waals surface area (Å²) in [6.45, 7) is 0. The third kappa shape index (κ3) is 3.13. The van der Waals surface area contributed by atoms with Gasteiger partial charge in [0.2, 0.25) is 0 Å². The minimum absolute atomic E-state index is 0.0662. The Bertz CT molecular complexity index is 843. The number of hydrogen-bond donors (Lipinski definition) is 0. The van der Waals surface area contributed by atoms with Gasteiger partial charge in [-0.05, 0) is 29.6 Å². The molecule has 2 heterocycles. The van der Waals surface area contributed by atoms with Gasteiger partial charge in [0.05, 0.1) is 24.8 Å². The lowest BCUT2D eigenvalue weighted by Crippen LogP contribution is -2.25. The van der Waals surface area contributed by atoms with E-state index >= 15 is 0 Å². The summed E-state index contributed by atoms with van der Waals surface area (Å²) < 4.78 is 10.7. The van der Waals surface area contributed by atoms with E-state index in [0.717, 1.165) is 17.0 Å². The van der Waals surface area contributed by atoms with Crippen LogP contribution >= 0.6 is 22.7 Å². The van der Waals surface area contributed by atoms with Crippen molar-refractivity contribution in [2.75, 3.05) is 26.2 Å². The molecule has 0 aliphatic carbocycles. The van der Waals surface area contributed by atoms with Crippen molar-refractivity contribution in [2.45, 2.75) is 0 Å². The van der Waals surface area contributed by atoms with E-state index in [1.165, 1.54) is 22.7 Å². The molecule has 124 valence electrons. The Kier molecular flexibility index (Phi) is 4.82. The predicted octanol–water partition coefficient (Wildman–Crippen LogP) is 4.17. The first-order chi connectivity index (χ1) is 11.6.